The molecule has 5 nitrogen and oxygen atoms in total. The average Bonchev–Trinajstić information content (AvgIpc) is 2.31. The van der Waals surface area contributed by atoms with Gasteiger partial charge in [-0.15, -0.1) is 0 Å². The summed E-state index contributed by atoms with van der Waals surface area (Å²) in [6, 6.07) is 7.90. The van der Waals surface area contributed by atoms with Crippen LogP contribution in [0.2, 0.25) is 0 Å². The number of hydrogen-bond donors (Lipinski definition) is 1. The van der Waals surface area contributed by atoms with E-state index in [1.54, 1.807) is 0 Å². The van der Waals surface area contributed by atoms with Gasteiger partial charge in [-0.05, 0) is 18.1 Å². The molecule has 1 N–H and O–H groups in total. The summed E-state index contributed by atoms with van der Waals surface area (Å²) in [4.78, 5) is 20.5. The Morgan fingerprint density at radius 2 is 2.24 bits per heavy atom. The Labute approximate surface area is 100 Å². The molecule has 0 fully saturated rings. The lowest BCUT2D eigenvalue weighted by molar-refractivity contribution is -0.129. The first-order chi connectivity index (χ1) is 8.24. The van der Waals surface area contributed by atoms with Gasteiger partial charge < -0.3 is 4.84 Å². The van der Waals surface area contributed by atoms with Gasteiger partial charge in [-0.2, -0.15) is 0 Å². The van der Waals surface area contributed by atoms with Gasteiger partial charge in [-0.3, -0.25) is 9.63 Å². The van der Waals surface area contributed by atoms with Crippen molar-refractivity contribution < 1.29 is 14.5 Å². The number of hydroxylamine groups is 1. The van der Waals surface area contributed by atoms with Gasteiger partial charge in [-0.25, -0.2) is 5.48 Å². The van der Waals surface area contributed by atoms with Crippen molar-refractivity contribution in [3.05, 3.63) is 35.4 Å². The van der Waals surface area contributed by atoms with Crippen LogP contribution in [0.25, 0.3) is 0 Å². The van der Waals surface area contributed by atoms with Gasteiger partial charge in [0.2, 0.25) is 5.91 Å². The fraction of sp³-hybridized carbons (Fsp3) is 0.333. The van der Waals surface area contributed by atoms with Crippen LogP contribution in [0, 0.1) is 6.92 Å². The van der Waals surface area contributed by atoms with Crippen molar-refractivity contribution in [2.75, 3.05) is 7.11 Å². The molecule has 0 aliphatic carbocycles. The summed E-state index contributed by atoms with van der Waals surface area (Å²) in [6.07, 6.45) is 1.52. The van der Waals surface area contributed by atoms with Gasteiger partial charge in [0.25, 0.3) is 0 Å². The molecule has 0 saturated carbocycles. The molecular formula is C12H16N2O3. The van der Waals surface area contributed by atoms with Crippen molar-refractivity contribution in [2.45, 2.75) is 20.0 Å². The fourth-order valence-electron chi connectivity index (χ4n) is 1.21. The summed E-state index contributed by atoms with van der Waals surface area (Å²) in [6.45, 7) is 2.41. The summed E-state index contributed by atoms with van der Waals surface area (Å²) in [5.41, 5.74) is 4.41. The number of rotatable bonds is 6. The van der Waals surface area contributed by atoms with Crippen molar-refractivity contribution in [3.8, 4) is 0 Å². The van der Waals surface area contributed by atoms with Crippen molar-refractivity contribution in [3.63, 3.8) is 0 Å². The van der Waals surface area contributed by atoms with E-state index in [4.69, 9.17) is 4.84 Å². The molecule has 1 amide bonds. The molecule has 1 aromatic carbocycles. The SMILES string of the molecule is CONC(=O)C/C=N\OCc1ccccc1C. The molecule has 0 unspecified atom stereocenters. The van der Waals surface area contributed by atoms with Crippen LogP contribution in [0.4, 0.5) is 0 Å². The van der Waals surface area contributed by atoms with E-state index in [1.807, 2.05) is 31.2 Å². The Morgan fingerprint density at radius 3 is 2.94 bits per heavy atom. The molecule has 0 saturated heterocycles. The number of carbonyl (C=O) groups is 1. The minimum atomic E-state index is -0.268. The Morgan fingerprint density at radius 1 is 1.47 bits per heavy atom. The zero-order valence-corrected chi connectivity index (χ0v) is 9.97. The summed E-state index contributed by atoms with van der Waals surface area (Å²) in [7, 11) is 1.38. The number of amides is 1. The Bertz CT molecular complexity index is 391. The first-order valence-electron chi connectivity index (χ1n) is 5.24. The highest BCUT2D eigenvalue weighted by Gasteiger charge is 1.97. The predicted octanol–water partition coefficient (Wildman–Crippen LogP) is 1.57. The molecule has 0 aromatic heterocycles. The second kappa shape index (κ2) is 7.40. The van der Waals surface area contributed by atoms with E-state index in [9.17, 15) is 4.79 Å². The Hall–Kier alpha value is -1.88. The summed E-state index contributed by atoms with van der Waals surface area (Å²) < 4.78 is 0. The smallest absolute Gasteiger partial charge is 0.249 e. The van der Waals surface area contributed by atoms with E-state index in [2.05, 4.69) is 15.5 Å². The van der Waals surface area contributed by atoms with Gasteiger partial charge in [0, 0.05) is 0 Å². The maximum atomic E-state index is 10.9. The molecule has 0 radical (unpaired) electrons. The van der Waals surface area contributed by atoms with Crippen molar-refractivity contribution in [1.82, 2.24) is 5.48 Å². The zero-order chi connectivity index (χ0) is 12.5. The molecule has 92 valence electrons. The van der Waals surface area contributed by atoms with Crippen LogP contribution >= 0.6 is 0 Å². The second-order valence-electron chi connectivity index (χ2n) is 3.42. The molecule has 5 heteroatoms. The van der Waals surface area contributed by atoms with Crippen LogP contribution in [0.15, 0.2) is 29.4 Å². The van der Waals surface area contributed by atoms with Crippen LogP contribution in [0.5, 0.6) is 0 Å². The van der Waals surface area contributed by atoms with Crippen LogP contribution in [0.1, 0.15) is 17.5 Å². The molecule has 17 heavy (non-hydrogen) atoms. The van der Waals surface area contributed by atoms with Crippen LogP contribution in [-0.2, 0) is 21.1 Å². The number of nitrogens with zero attached hydrogens (tertiary/aromatic N) is 1. The predicted molar refractivity (Wildman–Crippen MR) is 64.2 cm³/mol. The largest absolute Gasteiger partial charge is 0.391 e. The number of carbonyl (C=O) groups excluding carboxylic acids is 1. The van der Waals surface area contributed by atoms with E-state index < -0.39 is 0 Å². The minimum absolute atomic E-state index is 0.127. The van der Waals surface area contributed by atoms with Gasteiger partial charge >= 0.3 is 0 Å². The topological polar surface area (TPSA) is 59.9 Å². The second-order valence-corrected chi connectivity index (χ2v) is 3.42. The molecule has 0 aliphatic heterocycles. The van der Waals surface area contributed by atoms with E-state index in [0.29, 0.717) is 6.61 Å². The molecule has 0 atom stereocenters. The molecular weight excluding hydrogens is 220 g/mol. The van der Waals surface area contributed by atoms with E-state index in [1.165, 1.54) is 13.3 Å². The molecule has 1 aromatic rings. The van der Waals surface area contributed by atoms with Crippen molar-refractivity contribution in [1.29, 1.82) is 0 Å². The molecule has 0 aliphatic rings. The minimum Gasteiger partial charge on any atom is -0.391 e. The Kier molecular flexibility index (Phi) is 5.74. The summed E-state index contributed by atoms with van der Waals surface area (Å²) in [5, 5.41) is 3.69. The number of hydrogen-bond acceptors (Lipinski definition) is 4. The number of benzene rings is 1. The van der Waals surface area contributed by atoms with Gasteiger partial charge in [0.05, 0.1) is 19.7 Å². The van der Waals surface area contributed by atoms with Crippen molar-refractivity contribution >= 4 is 12.1 Å². The monoisotopic (exact) mass is 236 g/mol. The zero-order valence-electron chi connectivity index (χ0n) is 9.97. The third-order valence-electron chi connectivity index (χ3n) is 2.12. The summed E-state index contributed by atoms with van der Waals surface area (Å²) >= 11 is 0. The standard InChI is InChI=1S/C12H16N2O3/c1-10-5-3-4-6-11(10)9-17-13-8-7-12(15)14-16-2/h3-6,8H,7,9H2,1-2H3,(H,14,15)/b13-8-. The quantitative estimate of drug-likeness (QED) is 0.602. The highest BCUT2D eigenvalue weighted by molar-refractivity contribution is 5.88. The van der Waals surface area contributed by atoms with Gasteiger partial charge in [0.1, 0.15) is 6.61 Å². The normalized spacial score (nSPS) is 10.5. The third kappa shape index (κ3) is 5.12. The maximum absolute atomic E-state index is 10.9. The molecule has 0 bridgehead atoms. The highest BCUT2D eigenvalue weighted by Crippen LogP contribution is 2.07. The fourth-order valence-corrected chi connectivity index (χ4v) is 1.21. The van der Waals surface area contributed by atoms with Gasteiger partial charge in [-0.1, -0.05) is 29.4 Å². The molecule has 0 spiro atoms. The molecule has 1 rings (SSSR count). The number of nitrogens with one attached hydrogen (secondary N) is 1. The number of aryl methyl sites for hydroxylation is 1. The van der Waals surface area contributed by atoms with E-state index in [0.717, 1.165) is 11.1 Å². The highest BCUT2D eigenvalue weighted by atomic mass is 16.6. The Balaban J connectivity index is 2.26. The first-order valence-corrected chi connectivity index (χ1v) is 5.24. The first kappa shape index (κ1) is 13.2. The maximum Gasteiger partial charge on any atom is 0.249 e. The van der Waals surface area contributed by atoms with E-state index >= 15 is 0 Å². The lowest BCUT2D eigenvalue weighted by Gasteiger charge is -2.03. The van der Waals surface area contributed by atoms with Crippen LogP contribution in [-0.4, -0.2) is 19.2 Å². The number of oxime groups is 1. The summed E-state index contributed by atoms with van der Waals surface area (Å²) in [5.74, 6) is -0.268. The van der Waals surface area contributed by atoms with Crippen LogP contribution < -0.4 is 5.48 Å². The molecule has 0 heterocycles. The van der Waals surface area contributed by atoms with Crippen molar-refractivity contribution in [2.24, 2.45) is 5.16 Å². The van der Waals surface area contributed by atoms with Gasteiger partial charge in [0.15, 0.2) is 0 Å². The lowest BCUT2D eigenvalue weighted by atomic mass is 10.1. The van der Waals surface area contributed by atoms with E-state index in [-0.39, 0.29) is 12.3 Å². The third-order valence-corrected chi connectivity index (χ3v) is 2.12. The average molecular weight is 236 g/mol. The lowest BCUT2D eigenvalue weighted by Crippen LogP contribution is -2.21. The van der Waals surface area contributed by atoms with Crippen LogP contribution in [0.3, 0.4) is 0 Å².